The highest BCUT2D eigenvalue weighted by molar-refractivity contribution is 6.19. The van der Waals surface area contributed by atoms with Crippen molar-refractivity contribution in [3.63, 3.8) is 0 Å². The van der Waals surface area contributed by atoms with Crippen molar-refractivity contribution in [1.82, 2.24) is 10.2 Å². The Balaban J connectivity index is 4.03. The maximum atomic E-state index is 11.6. The number of hydrogen-bond acceptors (Lipinski definition) is 5. The highest BCUT2D eigenvalue weighted by atomic mass is 16.6. The van der Waals surface area contributed by atoms with Crippen LogP contribution in [0.4, 0.5) is 0 Å². The molecule has 2 amide bonds. The van der Waals surface area contributed by atoms with E-state index in [1.165, 1.54) is 4.90 Å². The van der Waals surface area contributed by atoms with E-state index in [0.29, 0.717) is 19.4 Å². The number of hydrogen-bond donors (Lipinski definition) is 2. The predicted octanol–water partition coefficient (Wildman–Crippen LogP) is -1.72. The first-order chi connectivity index (χ1) is 9.15. The van der Waals surface area contributed by atoms with Crippen molar-refractivity contribution < 1.29 is 19.1 Å². The average Bonchev–Trinajstić information content (AvgIpc) is 2.29. The van der Waals surface area contributed by atoms with Gasteiger partial charge in [-0.05, 0) is 27.1 Å². The molecule has 0 aromatic heterocycles. The van der Waals surface area contributed by atoms with Crippen LogP contribution >= 0.6 is 0 Å². The van der Waals surface area contributed by atoms with Gasteiger partial charge in [0.2, 0.25) is 11.8 Å². The molecule has 114 valence electrons. The number of rotatable bonds is 8. The zero-order valence-corrected chi connectivity index (χ0v) is 12.7. The van der Waals surface area contributed by atoms with Crippen molar-refractivity contribution in [1.29, 1.82) is 0 Å². The van der Waals surface area contributed by atoms with Crippen LogP contribution < -0.4 is 11.1 Å². The third-order valence-corrected chi connectivity index (χ3v) is 2.25. The SMILES string of the molecule is BCC(=O)N(CCNCC(=O)OC(C)(C)C)CC(N)=O. The molecule has 0 radical (unpaired) electrons. The molecule has 0 saturated carbocycles. The summed E-state index contributed by atoms with van der Waals surface area (Å²) >= 11 is 0. The second-order valence-corrected chi connectivity index (χ2v) is 5.40. The summed E-state index contributed by atoms with van der Waals surface area (Å²) in [6, 6.07) is 0. The van der Waals surface area contributed by atoms with Crippen LogP contribution in [0.1, 0.15) is 20.8 Å². The van der Waals surface area contributed by atoms with Crippen LogP contribution in [0.3, 0.4) is 0 Å². The molecule has 0 aliphatic heterocycles. The smallest absolute Gasteiger partial charge is 0.320 e. The third-order valence-electron chi connectivity index (χ3n) is 2.25. The van der Waals surface area contributed by atoms with E-state index in [9.17, 15) is 14.4 Å². The van der Waals surface area contributed by atoms with Gasteiger partial charge in [0.25, 0.3) is 0 Å². The Kier molecular flexibility index (Phi) is 7.90. The van der Waals surface area contributed by atoms with E-state index in [1.54, 1.807) is 28.6 Å². The molecule has 0 aliphatic carbocycles. The monoisotopic (exact) mass is 285 g/mol. The molecular formula is C12H24BN3O4. The van der Waals surface area contributed by atoms with E-state index >= 15 is 0 Å². The molecule has 0 fully saturated rings. The lowest BCUT2D eigenvalue weighted by Crippen LogP contribution is -2.43. The number of amides is 2. The summed E-state index contributed by atoms with van der Waals surface area (Å²) in [5.41, 5.74) is 4.56. The predicted molar refractivity (Wildman–Crippen MR) is 77.8 cm³/mol. The van der Waals surface area contributed by atoms with Gasteiger partial charge in [-0.3, -0.25) is 14.4 Å². The minimum atomic E-state index is -0.557. The summed E-state index contributed by atoms with van der Waals surface area (Å²) in [7, 11) is 1.71. The molecular weight excluding hydrogens is 261 g/mol. The van der Waals surface area contributed by atoms with Gasteiger partial charge in [0.05, 0.1) is 13.1 Å². The highest BCUT2D eigenvalue weighted by Crippen LogP contribution is 2.06. The molecule has 0 saturated heterocycles. The number of esters is 1. The maximum absolute atomic E-state index is 11.6. The molecule has 0 heterocycles. The van der Waals surface area contributed by atoms with Crippen molar-refractivity contribution in [2.75, 3.05) is 26.2 Å². The summed E-state index contributed by atoms with van der Waals surface area (Å²) in [4.78, 5) is 35.2. The standard InChI is InChI=1S/C12H24BN3O4/c1-12(2,3)20-11(19)7-15-4-5-16(8-9(14)17)10(18)6-13/h15H,4-8,13H2,1-3H3,(H2,14,17). The van der Waals surface area contributed by atoms with Crippen LogP contribution in [0.5, 0.6) is 0 Å². The third kappa shape index (κ3) is 9.38. The quantitative estimate of drug-likeness (QED) is 0.314. The van der Waals surface area contributed by atoms with Crippen molar-refractivity contribution >= 4 is 25.6 Å². The van der Waals surface area contributed by atoms with E-state index < -0.39 is 11.5 Å². The molecule has 0 aliphatic rings. The van der Waals surface area contributed by atoms with E-state index in [4.69, 9.17) is 10.5 Å². The van der Waals surface area contributed by atoms with Gasteiger partial charge in [-0.1, -0.05) is 0 Å². The fourth-order valence-corrected chi connectivity index (χ4v) is 1.49. The number of primary amides is 1. The van der Waals surface area contributed by atoms with Gasteiger partial charge in [0.1, 0.15) is 13.4 Å². The van der Waals surface area contributed by atoms with E-state index in [1.807, 2.05) is 0 Å². The molecule has 20 heavy (non-hydrogen) atoms. The van der Waals surface area contributed by atoms with Gasteiger partial charge in [0, 0.05) is 13.1 Å². The van der Waals surface area contributed by atoms with E-state index in [-0.39, 0.29) is 25.0 Å². The molecule has 7 nitrogen and oxygen atoms in total. The number of carbonyl (C=O) groups is 3. The van der Waals surface area contributed by atoms with Crippen molar-refractivity contribution in [2.24, 2.45) is 5.73 Å². The zero-order valence-electron chi connectivity index (χ0n) is 12.7. The lowest BCUT2D eigenvalue weighted by Gasteiger charge is -2.22. The largest absolute Gasteiger partial charge is 0.459 e. The Morgan fingerprint density at radius 3 is 2.35 bits per heavy atom. The lowest BCUT2D eigenvalue weighted by atomic mass is 10.0. The van der Waals surface area contributed by atoms with Gasteiger partial charge in [-0.2, -0.15) is 0 Å². The van der Waals surface area contributed by atoms with Crippen LogP contribution in [-0.2, 0) is 19.1 Å². The van der Waals surface area contributed by atoms with Gasteiger partial charge < -0.3 is 20.7 Å². The molecule has 0 unspecified atom stereocenters. The number of ether oxygens (including phenoxy) is 1. The zero-order chi connectivity index (χ0) is 15.8. The molecule has 8 heteroatoms. The molecule has 0 rings (SSSR count). The van der Waals surface area contributed by atoms with Gasteiger partial charge in [0.15, 0.2) is 0 Å². The highest BCUT2D eigenvalue weighted by Gasteiger charge is 2.16. The lowest BCUT2D eigenvalue weighted by molar-refractivity contribution is -0.153. The minimum absolute atomic E-state index is 0.0575. The summed E-state index contributed by atoms with van der Waals surface area (Å²) in [5.74, 6) is -1.07. The Hall–Kier alpha value is -1.57. The fourth-order valence-electron chi connectivity index (χ4n) is 1.49. The Morgan fingerprint density at radius 2 is 1.90 bits per heavy atom. The van der Waals surface area contributed by atoms with E-state index in [0.717, 1.165) is 0 Å². The first-order valence-electron chi connectivity index (χ1n) is 6.64. The number of nitrogens with one attached hydrogen (secondary N) is 1. The number of carbonyl (C=O) groups excluding carboxylic acids is 3. The second-order valence-electron chi connectivity index (χ2n) is 5.40. The summed E-state index contributed by atoms with van der Waals surface area (Å²) in [6.45, 7) is 6.03. The van der Waals surface area contributed by atoms with Gasteiger partial charge in [-0.25, -0.2) is 0 Å². The van der Waals surface area contributed by atoms with Gasteiger partial charge >= 0.3 is 5.97 Å². The average molecular weight is 285 g/mol. The fraction of sp³-hybridized carbons (Fsp3) is 0.750. The number of nitrogens with zero attached hydrogens (tertiary/aromatic N) is 1. The molecule has 0 aromatic carbocycles. The van der Waals surface area contributed by atoms with Gasteiger partial charge in [-0.15, -0.1) is 0 Å². The molecule has 0 bridgehead atoms. The Labute approximate surface area is 120 Å². The topological polar surface area (TPSA) is 102 Å². The van der Waals surface area contributed by atoms with Crippen molar-refractivity contribution in [2.45, 2.75) is 32.7 Å². The summed E-state index contributed by atoms with van der Waals surface area (Å²) in [5, 5.41) is 2.87. The van der Waals surface area contributed by atoms with Crippen LogP contribution in [0, 0.1) is 0 Å². The maximum Gasteiger partial charge on any atom is 0.320 e. The van der Waals surface area contributed by atoms with Crippen LogP contribution in [0.2, 0.25) is 6.32 Å². The molecule has 0 spiro atoms. The van der Waals surface area contributed by atoms with Crippen LogP contribution in [0.15, 0.2) is 0 Å². The first kappa shape index (κ1) is 18.4. The second kappa shape index (κ2) is 8.57. The Bertz CT molecular complexity index is 355. The van der Waals surface area contributed by atoms with E-state index in [2.05, 4.69) is 5.32 Å². The van der Waals surface area contributed by atoms with Crippen molar-refractivity contribution in [3.8, 4) is 0 Å². The first-order valence-corrected chi connectivity index (χ1v) is 6.64. The summed E-state index contributed by atoms with van der Waals surface area (Å²) in [6.07, 6.45) is 0.305. The van der Waals surface area contributed by atoms with Crippen molar-refractivity contribution in [3.05, 3.63) is 0 Å². The van der Waals surface area contributed by atoms with Crippen LogP contribution in [-0.4, -0.2) is 62.3 Å². The summed E-state index contributed by atoms with van der Waals surface area (Å²) < 4.78 is 5.12. The van der Waals surface area contributed by atoms with Crippen LogP contribution in [0.25, 0.3) is 0 Å². The molecule has 3 N–H and O–H groups in total. The molecule has 0 atom stereocenters. The normalized spacial score (nSPS) is 10.9. The minimum Gasteiger partial charge on any atom is -0.459 e. The Morgan fingerprint density at radius 1 is 1.30 bits per heavy atom. The molecule has 0 aromatic rings. The number of nitrogens with two attached hydrogens (primary N) is 1.